The van der Waals surface area contributed by atoms with Gasteiger partial charge in [0.2, 0.25) is 0 Å². The first-order valence-electron chi connectivity index (χ1n) is 9.20. The molecule has 2 aromatic heterocycles. The summed E-state index contributed by atoms with van der Waals surface area (Å²) in [6.07, 6.45) is 3.56. The van der Waals surface area contributed by atoms with Crippen LogP contribution in [-0.4, -0.2) is 51.0 Å². The monoisotopic (exact) mass is 374 g/mol. The SMILES string of the molecule is CC(C)(C)C(NC(=O)c1nn(CC2CCOCC2)c2ncccc12)C(=O)O. The highest BCUT2D eigenvalue weighted by atomic mass is 16.5. The van der Waals surface area contributed by atoms with Crippen LogP contribution in [0.4, 0.5) is 0 Å². The van der Waals surface area contributed by atoms with Crippen LogP contribution in [0.25, 0.3) is 11.0 Å². The van der Waals surface area contributed by atoms with Crippen LogP contribution in [0, 0.1) is 11.3 Å². The first-order valence-corrected chi connectivity index (χ1v) is 9.20. The van der Waals surface area contributed by atoms with Gasteiger partial charge in [-0.05, 0) is 36.3 Å². The van der Waals surface area contributed by atoms with Gasteiger partial charge in [0.15, 0.2) is 11.3 Å². The Morgan fingerprint density at radius 2 is 2.07 bits per heavy atom. The number of amides is 1. The van der Waals surface area contributed by atoms with Gasteiger partial charge in [-0.2, -0.15) is 5.10 Å². The minimum atomic E-state index is -1.07. The molecule has 146 valence electrons. The van der Waals surface area contributed by atoms with Crippen molar-refractivity contribution in [3.63, 3.8) is 0 Å². The number of carboxylic acids is 1. The number of aliphatic carboxylic acids is 1. The molecule has 8 heteroatoms. The fourth-order valence-corrected chi connectivity index (χ4v) is 3.33. The fourth-order valence-electron chi connectivity index (χ4n) is 3.33. The summed E-state index contributed by atoms with van der Waals surface area (Å²) in [5.74, 6) is -1.15. The lowest BCUT2D eigenvalue weighted by molar-refractivity contribution is -0.142. The number of ether oxygens (including phenoxy) is 1. The maximum Gasteiger partial charge on any atom is 0.326 e. The first-order chi connectivity index (χ1) is 12.8. The molecule has 3 heterocycles. The van der Waals surface area contributed by atoms with E-state index in [1.165, 1.54) is 0 Å². The van der Waals surface area contributed by atoms with E-state index in [1.54, 1.807) is 43.8 Å². The topological polar surface area (TPSA) is 106 Å². The predicted octanol–water partition coefficient (Wildman–Crippen LogP) is 2.09. The van der Waals surface area contributed by atoms with Crippen molar-refractivity contribution in [3.8, 4) is 0 Å². The van der Waals surface area contributed by atoms with Crippen LogP contribution in [0.3, 0.4) is 0 Å². The molecule has 0 saturated carbocycles. The van der Waals surface area contributed by atoms with Crippen LogP contribution in [0.5, 0.6) is 0 Å². The molecule has 8 nitrogen and oxygen atoms in total. The molecule has 1 saturated heterocycles. The van der Waals surface area contributed by atoms with Gasteiger partial charge >= 0.3 is 5.97 Å². The molecule has 1 aliphatic rings. The normalized spacial score (nSPS) is 17.0. The fraction of sp³-hybridized carbons (Fsp3) is 0.579. The number of fused-ring (bicyclic) bond motifs is 1. The number of pyridine rings is 1. The number of nitrogens with one attached hydrogen (secondary N) is 1. The zero-order chi connectivity index (χ0) is 19.6. The molecule has 1 atom stereocenters. The average Bonchev–Trinajstić information content (AvgIpc) is 2.98. The number of hydrogen-bond acceptors (Lipinski definition) is 5. The van der Waals surface area contributed by atoms with E-state index >= 15 is 0 Å². The van der Waals surface area contributed by atoms with Crippen LogP contribution in [0.1, 0.15) is 44.1 Å². The van der Waals surface area contributed by atoms with Gasteiger partial charge in [-0.1, -0.05) is 20.8 Å². The van der Waals surface area contributed by atoms with Crippen molar-refractivity contribution in [2.45, 2.75) is 46.2 Å². The minimum absolute atomic E-state index is 0.209. The van der Waals surface area contributed by atoms with E-state index in [9.17, 15) is 14.7 Å². The zero-order valence-electron chi connectivity index (χ0n) is 15.9. The summed E-state index contributed by atoms with van der Waals surface area (Å²) >= 11 is 0. The molecule has 0 aromatic carbocycles. The van der Waals surface area contributed by atoms with Crippen LogP contribution >= 0.6 is 0 Å². The van der Waals surface area contributed by atoms with Crippen LogP contribution in [-0.2, 0) is 16.1 Å². The van der Waals surface area contributed by atoms with Gasteiger partial charge in [-0.25, -0.2) is 14.5 Å². The van der Waals surface area contributed by atoms with Gasteiger partial charge in [-0.15, -0.1) is 0 Å². The highest BCUT2D eigenvalue weighted by Gasteiger charge is 2.34. The molecule has 1 aliphatic heterocycles. The number of carbonyl (C=O) groups is 2. The predicted molar refractivity (Wildman–Crippen MR) is 99.4 cm³/mol. The van der Waals surface area contributed by atoms with Gasteiger partial charge in [0, 0.05) is 26.0 Å². The second-order valence-corrected chi connectivity index (χ2v) is 8.07. The Kier molecular flexibility index (Phi) is 5.46. The highest BCUT2D eigenvalue weighted by Crippen LogP contribution is 2.23. The second-order valence-electron chi connectivity index (χ2n) is 8.07. The summed E-state index contributed by atoms with van der Waals surface area (Å²) in [4.78, 5) is 28.8. The Labute approximate surface area is 157 Å². The molecule has 27 heavy (non-hydrogen) atoms. The number of nitrogens with zero attached hydrogens (tertiary/aromatic N) is 3. The first kappa shape index (κ1) is 19.3. The highest BCUT2D eigenvalue weighted by molar-refractivity contribution is 6.05. The van der Waals surface area contributed by atoms with E-state index in [0.717, 1.165) is 26.1 Å². The smallest absolute Gasteiger partial charge is 0.326 e. The lowest BCUT2D eigenvalue weighted by Gasteiger charge is -2.27. The third kappa shape index (κ3) is 4.27. The van der Waals surface area contributed by atoms with Gasteiger partial charge in [0.25, 0.3) is 5.91 Å². The van der Waals surface area contributed by atoms with Gasteiger partial charge < -0.3 is 15.2 Å². The molecular formula is C19H26N4O4. The van der Waals surface area contributed by atoms with Crippen LogP contribution < -0.4 is 5.32 Å². The third-order valence-electron chi connectivity index (χ3n) is 4.88. The number of carboxylic acid groups (broad SMARTS) is 1. The number of carbonyl (C=O) groups excluding carboxylic acids is 1. The van der Waals surface area contributed by atoms with Gasteiger partial charge in [0.05, 0.1) is 5.39 Å². The summed E-state index contributed by atoms with van der Waals surface area (Å²) in [6.45, 7) is 7.44. The molecule has 0 radical (unpaired) electrons. The van der Waals surface area contributed by atoms with Gasteiger partial charge in [-0.3, -0.25) is 4.79 Å². The Bertz CT molecular complexity index is 834. The van der Waals surface area contributed by atoms with Crippen LogP contribution in [0.2, 0.25) is 0 Å². The van der Waals surface area contributed by atoms with E-state index in [0.29, 0.717) is 23.5 Å². The summed E-state index contributed by atoms with van der Waals surface area (Å²) in [5.41, 5.74) is 0.220. The Balaban J connectivity index is 1.89. The molecule has 3 rings (SSSR count). The lowest BCUT2D eigenvalue weighted by atomic mass is 9.86. The standard InChI is InChI=1S/C19H26N4O4/c1-19(2,3)15(18(25)26)21-17(24)14-13-5-4-8-20-16(13)23(22-14)11-12-6-9-27-10-7-12/h4-5,8,12,15H,6-7,9-11H2,1-3H3,(H,21,24)(H,25,26). The molecular weight excluding hydrogens is 348 g/mol. The summed E-state index contributed by atoms with van der Waals surface area (Å²) in [6, 6.07) is 2.52. The Morgan fingerprint density at radius 1 is 1.37 bits per heavy atom. The quantitative estimate of drug-likeness (QED) is 0.830. The second kappa shape index (κ2) is 7.64. The molecule has 1 fully saturated rings. The third-order valence-corrected chi connectivity index (χ3v) is 4.88. The molecule has 0 bridgehead atoms. The maximum absolute atomic E-state index is 12.8. The van der Waals surface area contributed by atoms with Crippen molar-refractivity contribution >= 4 is 22.9 Å². The van der Waals surface area contributed by atoms with Crippen molar-refractivity contribution in [2.24, 2.45) is 11.3 Å². The van der Waals surface area contributed by atoms with Crippen molar-refractivity contribution in [1.82, 2.24) is 20.1 Å². The van der Waals surface area contributed by atoms with E-state index < -0.39 is 23.3 Å². The minimum Gasteiger partial charge on any atom is -0.480 e. The summed E-state index contributed by atoms with van der Waals surface area (Å²) < 4.78 is 7.16. The Morgan fingerprint density at radius 3 is 2.70 bits per heavy atom. The number of rotatable bonds is 5. The molecule has 0 spiro atoms. The van der Waals surface area contributed by atoms with E-state index in [-0.39, 0.29) is 5.69 Å². The largest absolute Gasteiger partial charge is 0.480 e. The van der Waals surface area contributed by atoms with E-state index in [2.05, 4.69) is 15.4 Å². The summed E-state index contributed by atoms with van der Waals surface area (Å²) in [5, 5.41) is 17.2. The van der Waals surface area contributed by atoms with E-state index in [4.69, 9.17) is 4.74 Å². The zero-order valence-corrected chi connectivity index (χ0v) is 15.9. The van der Waals surface area contributed by atoms with Crippen molar-refractivity contribution < 1.29 is 19.4 Å². The summed E-state index contributed by atoms with van der Waals surface area (Å²) in [7, 11) is 0. The van der Waals surface area contributed by atoms with Gasteiger partial charge in [0.1, 0.15) is 6.04 Å². The average molecular weight is 374 g/mol. The Hall–Kier alpha value is -2.48. The van der Waals surface area contributed by atoms with Crippen molar-refractivity contribution in [1.29, 1.82) is 0 Å². The number of hydrogen-bond donors (Lipinski definition) is 2. The molecule has 2 N–H and O–H groups in total. The molecule has 0 aliphatic carbocycles. The number of aromatic nitrogens is 3. The molecule has 1 unspecified atom stereocenters. The maximum atomic E-state index is 12.8. The van der Waals surface area contributed by atoms with Crippen molar-refractivity contribution in [3.05, 3.63) is 24.0 Å². The van der Waals surface area contributed by atoms with Crippen LogP contribution in [0.15, 0.2) is 18.3 Å². The molecule has 1 amide bonds. The lowest BCUT2D eigenvalue weighted by Crippen LogP contribution is -2.49. The van der Waals surface area contributed by atoms with Crippen molar-refractivity contribution in [2.75, 3.05) is 13.2 Å². The molecule has 2 aromatic rings. The van der Waals surface area contributed by atoms with E-state index in [1.807, 2.05) is 0 Å².